The summed E-state index contributed by atoms with van der Waals surface area (Å²) in [4.78, 5) is 0. The van der Waals surface area contributed by atoms with Gasteiger partial charge in [-0.3, -0.25) is 0 Å². The van der Waals surface area contributed by atoms with Gasteiger partial charge >= 0.3 is 6.11 Å². The SMILES string of the molecule is CC(C)O.OC(F)(F)CF. The normalized spacial score (nSPS) is 10.8. The van der Waals surface area contributed by atoms with E-state index in [-0.39, 0.29) is 6.10 Å². The number of halogens is 3. The molecule has 0 heterocycles. The van der Waals surface area contributed by atoms with E-state index in [9.17, 15) is 13.2 Å². The van der Waals surface area contributed by atoms with Gasteiger partial charge in [0.25, 0.3) is 0 Å². The quantitative estimate of drug-likeness (QED) is 0.599. The van der Waals surface area contributed by atoms with Crippen LogP contribution in [0.2, 0.25) is 0 Å². The minimum Gasteiger partial charge on any atom is -0.394 e. The molecule has 0 aromatic heterocycles. The second-order valence-corrected chi connectivity index (χ2v) is 1.89. The van der Waals surface area contributed by atoms with Crippen LogP contribution in [0.5, 0.6) is 0 Å². The Morgan fingerprint density at radius 1 is 1.40 bits per heavy atom. The number of alkyl halides is 3. The van der Waals surface area contributed by atoms with Crippen molar-refractivity contribution in [2.24, 2.45) is 0 Å². The number of aliphatic hydroxyl groups is 2. The van der Waals surface area contributed by atoms with Crippen LogP contribution in [0.1, 0.15) is 13.8 Å². The summed E-state index contributed by atoms with van der Waals surface area (Å²) < 4.78 is 31.8. The molecule has 0 aliphatic heterocycles. The Balaban J connectivity index is 0. The van der Waals surface area contributed by atoms with Crippen LogP contribution in [0.4, 0.5) is 13.2 Å². The van der Waals surface area contributed by atoms with E-state index in [0.717, 1.165) is 0 Å². The van der Waals surface area contributed by atoms with Crippen LogP contribution in [0, 0.1) is 0 Å². The first-order valence-electron chi connectivity index (χ1n) is 2.64. The Morgan fingerprint density at radius 2 is 1.50 bits per heavy atom. The van der Waals surface area contributed by atoms with Gasteiger partial charge in [-0.2, -0.15) is 8.78 Å². The molecule has 10 heavy (non-hydrogen) atoms. The Labute approximate surface area is 57.3 Å². The molecule has 5 heteroatoms. The Kier molecular flexibility index (Phi) is 6.81. The molecule has 0 atom stereocenters. The fourth-order valence-corrected chi connectivity index (χ4v) is 0. The van der Waals surface area contributed by atoms with Crippen LogP contribution >= 0.6 is 0 Å². The largest absolute Gasteiger partial charge is 0.394 e. The molecule has 0 unspecified atom stereocenters. The maximum atomic E-state index is 10.6. The van der Waals surface area contributed by atoms with E-state index in [4.69, 9.17) is 10.2 Å². The van der Waals surface area contributed by atoms with Gasteiger partial charge in [0.1, 0.15) is 0 Å². The molecule has 0 aliphatic rings. The van der Waals surface area contributed by atoms with Crippen molar-refractivity contribution in [1.29, 1.82) is 0 Å². The van der Waals surface area contributed by atoms with E-state index < -0.39 is 12.8 Å². The maximum Gasteiger partial charge on any atom is 0.381 e. The third kappa shape index (κ3) is 47.3. The van der Waals surface area contributed by atoms with Crippen molar-refractivity contribution in [2.45, 2.75) is 26.1 Å². The van der Waals surface area contributed by atoms with Crippen LogP contribution in [-0.2, 0) is 0 Å². The van der Waals surface area contributed by atoms with Crippen molar-refractivity contribution in [3.8, 4) is 0 Å². The third-order valence-electron chi connectivity index (χ3n) is 0.161. The van der Waals surface area contributed by atoms with Crippen molar-refractivity contribution < 1.29 is 23.4 Å². The first-order valence-corrected chi connectivity index (χ1v) is 2.64. The molecule has 2 nitrogen and oxygen atoms in total. The van der Waals surface area contributed by atoms with Gasteiger partial charge in [0, 0.05) is 6.10 Å². The fraction of sp³-hybridized carbons (Fsp3) is 1.00. The highest BCUT2D eigenvalue weighted by Crippen LogP contribution is 2.06. The standard InChI is InChI=1S/C3H8O.C2H3F3O/c1-3(2)4;3-1-2(4,5)6/h3-4H,1-2H3;6H,1H2. The van der Waals surface area contributed by atoms with Crippen LogP contribution in [0.25, 0.3) is 0 Å². The van der Waals surface area contributed by atoms with Crippen molar-refractivity contribution in [1.82, 2.24) is 0 Å². The van der Waals surface area contributed by atoms with Gasteiger partial charge in [0.15, 0.2) is 6.67 Å². The first kappa shape index (κ1) is 12.4. The number of aliphatic hydroxyl groups excluding tert-OH is 1. The van der Waals surface area contributed by atoms with E-state index in [0.29, 0.717) is 0 Å². The summed E-state index contributed by atoms with van der Waals surface area (Å²) in [6, 6.07) is 0. The molecule has 0 saturated heterocycles. The molecule has 0 amide bonds. The molecule has 2 N–H and O–H groups in total. The molecule has 0 fully saturated rings. The predicted octanol–water partition coefficient (Wildman–Crippen LogP) is 0.928. The number of hydrogen-bond acceptors (Lipinski definition) is 2. The average molecular weight is 160 g/mol. The summed E-state index contributed by atoms with van der Waals surface area (Å²) in [6.07, 6.45) is -4.29. The summed E-state index contributed by atoms with van der Waals surface area (Å²) in [5.74, 6) is 0. The summed E-state index contributed by atoms with van der Waals surface area (Å²) in [5.41, 5.74) is 0. The maximum absolute atomic E-state index is 10.6. The molecule has 0 bridgehead atoms. The molecule has 0 spiro atoms. The van der Waals surface area contributed by atoms with Gasteiger partial charge in [-0.1, -0.05) is 0 Å². The summed E-state index contributed by atoms with van der Waals surface area (Å²) >= 11 is 0. The minimum absolute atomic E-state index is 0.167. The van der Waals surface area contributed by atoms with Gasteiger partial charge in [-0.15, -0.1) is 0 Å². The van der Waals surface area contributed by atoms with E-state index in [2.05, 4.69) is 0 Å². The highest BCUT2D eigenvalue weighted by Gasteiger charge is 2.22. The van der Waals surface area contributed by atoms with Crippen LogP contribution in [0.15, 0.2) is 0 Å². The van der Waals surface area contributed by atoms with E-state index in [1.165, 1.54) is 0 Å². The Morgan fingerprint density at radius 3 is 1.50 bits per heavy atom. The molecule has 0 aromatic rings. The lowest BCUT2D eigenvalue weighted by Gasteiger charge is -1.97. The first-order chi connectivity index (χ1) is 4.29. The average Bonchev–Trinajstić information content (AvgIpc) is 1.63. The fourth-order valence-electron chi connectivity index (χ4n) is 0. The summed E-state index contributed by atoms with van der Waals surface area (Å²) in [7, 11) is 0. The topological polar surface area (TPSA) is 40.5 Å². The van der Waals surface area contributed by atoms with Crippen LogP contribution in [-0.4, -0.2) is 29.1 Å². The monoisotopic (exact) mass is 160 g/mol. The molecule has 0 aliphatic carbocycles. The van der Waals surface area contributed by atoms with Gasteiger partial charge in [0.2, 0.25) is 0 Å². The molecule has 0 saturated carbocycles. The number of rotatable bonds is 1. The lowest BCUT2D eigenvalue weighted by atomic mass is 10.5. The Hall–Kier alpha value is -0.290. The molecule has 64 valence electrons. The molecule has 0 radical (unpaired) electrons. The lowest BCUT2D eigenvalue weighted by Crippen LogP contribution is -2.15. The van der Waals surface area contributed by atoms with Crippen molar-refractivity contribution in [3.05, 3.63) is 0 Å². The minimum atomic E-state index is -4.12. The highest BCUT2D eigenvalue weighted by molar-refractivity contribution is 4.38. The van der Waals surface area contributed by atoms with Gasteiger partial charge in [0.05, 0.1) is 0 Å². The number of hydrogen-bond donors (Lipinski definition) is 2. The van der Waals surface area contributed by atoms with Crippen molar-refractivity contribution in [3.63, 3.8) is 0 Å². The molecular weight excluding hydrogens is 149 g/mol. The second-order valence-electron chi connectivity index (χ2n) is 1.89. The van der Waals surface area contributed by atoms with E-state index >= 15 is 0 Å². The third-order valence-corrected chi connectivity index (χ3v) is 0.161. The molecule has 0 rings (SSSR count). The van der Waals surface area contributed by atoms with Crippen LogP contribution < -0.4 is 0 Å². The van der Waals surface area contributed by atoms with E-state index in [1.807, 2.05) is 0 Å². The predicted molar refractivity (Wildman–Crippen MR) is 30.5 cm³/mol. The summed E-state index contributed by atoms with van der Waals surface area (Å²) in [6.45, 7) is 1.44. The van der Waals surface area contributed by atoms with Crippen molar-refractivity contribution in [2.75, 3.05) is 6.67 Å². The van der Waals surface area contributed by atoms with Gasteiger partial charge in [-0.25, -0.2) is 4.39 Å². The van der Waals surface area contributed by atoms with Crippen LogP contribution in [0.3, 0.4) is 0 Å². The molecular formula is C5H11F3O2. The van der Waals surface area contributed by atoms with E-state index in [1.54, 1.807) is 13.8 Å². The zero-order chi connectivity index (χ0) is 8.78. The van der Waals surface area contributed by atoms with Gasteiger partial charge < -0.3 is 10.2 Å². The van der Waals surface area contributed by atoms with Crippen molar-refractivity contribution >= 4 is 0 Å². The zero-order valence-electron chi connectivity index (χ0n) is 5.81. The summed E-state index contributed by atoms with van der Waals surface area (Å²) in [5, 5.41) is 15.2. The Bertz CT molecular complexity index is 67.0. The molecule has 0 aromatic carbocycles. The van der Waals surface area contributed by atoms with Gasteiger partial charge in [-0.05, 0) is 13.8 Å². The zero-order valence-corrected chi connectivity index (χ0v) is 5.81. The smallest absolute Gasteiger partial charge is 0.381 e. The second kappa shape index (κ2) is 5.49. The lowest BCUT2D eigenvalue weighted by molar-refractivity contribution is -0.208. The highest BCUT2D eigenvalue weighted by atomic mass is 19.3.